The van der Waals surface area contributed by atoms with E-state index < -0.39 is 18.1 Å². The van der Waals surface area contributed by atoms with Crippen molar-refractivity contribution in [3.05, 3.63) is 0 Å². The molecule has 0 spiro atoms. The molecule has 8 heteroatoms. The van der Waals surface area contributed by atoms with Crippen molar-refractivity contribution < 1.29 is 22.8 Å². The highest BCUT2D eigenvalue weighted by Gasteiger charge is 2.39. The van der Waals surface area contributed by atoms with E-state index in [9.17, 15) is 22.8 Å². The molecule has 86 valence electrons. The summed E-state index contributed by atoms with van der Waals surface area (Å²) in [5.41, 5.74) is 2.99. The van der Waals surface area contributed by atoms with Crippen LogP contribution in [0.3, 0.4) is 0 Å². The molecular weight excluding hydrogens is 215 g/mol. The fourth-order valence-corrected chi connectivity index (χ4v) is 1.18. The SMILES string of the molecule is O=C(NNC(=O)C(F)(F)F)N1CCCC1. The van der Waals surface area contributed by atoms with E-state index in [1.807, 2.05) is 0 Å². The normalized spacial score (nSPS) is 16.3. The number of carbonyl (C=O) groups is 2. The molecule has 0 aromatic carbocycles. The molecule has 1 rings (SSSR count). The Bertz CT molecular complexity index is 261. The fraction of sp³-hybridized carbons (Fsp3) is 0.714. The molecule has 1 saturated heterocycles. The van der Waals surface area contributed by atoms with Gasteiger partial charge in [-0.2, -0.15) is 13.2 Å². The number of likely N-dealkylation sites (tertiary alicyclic amines) is 1. The monoisotopic (exact) mass is 225 g/mol. The second-order valence-electron chi connectivity index (χ2n) is 3.08. The summed E-state index contributed by atoms with van der Waals surface area (Å²) in [6, 6.07) is -0.718. The van der Waals surface area contributed by atoms with E-state index in [1.54, 1.807) is 5.43 Å². The van der Waals surface area contributed by atoms with Gasteiger partial charge < -0.3 is 4.90 Å². The average Bonchev–Trinajstić information content (AvgIpc) is 2.64. The van der Waals surface area contributed by atoms with E-state index in [4.69, 9.17) is 0 Å². The molecule has 1 heterocycles. The van der Waals surface area contributed by atoms with Crippen LogP contribution in [-0.2, 0) is 4.79 Å². The lowest BCUT2D eigenvalue weighted by Gasteiger charge is -2.16. The standard InChI is InChI=1S/C7H10F3N3O2/c8-7(9,10)5(14)11-12-6(15)13-3-1-2-4-13/h1-4H2,(H,11,14)(H,12,15). The average molecular weight is 225 g/mol. The van der Waals surface area contributed by atoms with Gasteiger partial charge in [0.25, 0.3) is 0 Å². The number of hydrogen-bond donors (Lipinski definition) is 2. The van der Waals surface area contributed by atoms with Gasteiger partial charge in [-0.3, -0.25) is 10.2 Å². The number of halogens is 3. The van der Waals surface area contributed by atoms with Crippen LogP contribution in [0, 0.1) is 0 Å². The zero-order valence-electron chi connectivity index (χ0n) is 7.73. The Morgan fingerprint density at radius 2 is 1.60 bits per heavy atom. The molecule has 0 saturated carbocycles. The molecule has 2 N–H and O–H groups in total. The van der Waals surface area contributed by atoms with Crippen molar-refractivity contribution in [2.75, 3.05) is 13.1 Å². The predicted molar refractivity (Wildman–Crippen MR) is 43.5 cm³/mol. The van der Waals surface area contributed by atoms with Crippen molar-refractivity contribution in [3.8, 4) is 0 Å². The van der Waals surface area contributed by atoms with E-state index in [0.29, 0.717) is 13.1 Å². The first-order chi connectivity index (χ1) is 6.91. The summed E-state index contributed by atoms with van der Waals surface area (Å²) in [5, 5.41) is 0. The number of nitrogens with zero attached hydrogens (tertiary/aromatic N) is 1. The number of amides is 3. The Morgan fingerprint density at radius 1 is 1.07 bits per heavy atom. The van der Waals surface area contributed by atoms with Crippen molar-refractivity contribution in [1.29, 1.82) is 0 Å². The van der Waals surface area contributed by atoms with Gasteiger partial charge in [-0.1, -0.05) is 0 Å². The molecule has 3 amide bonds. The van der Waals surface area contributed by atoms with Crippen LogP contribution in [0.25, 0.3) is 0 Å². The number of nitrogens with one attached hydrogen (secondary N) is 2. The Hall–Kier alpha value is -1.47. The molecule has 0 aliphatic carbocycles. The lowest BCUT2D eigenvalue weighted by molar-refractivity contribution is -0.174. The summed E-state index contributed by atoms with van der Waals surface area (Å²) in [4.78, 5) is 22.8. The lowest BCUT2D eigenvalue weighted by Crippen LogP contribution is -2.51. The molecule has 0 radical (unpaired) electrons. The first-order valence-corrected chi connectivity index (χ1v) is 4.33. The van der Waals surface area contributed by atoms with Gasteiger partial charge in [-0.05, 0) is 12.8 Å². The van der Waals surface area contributed by atoms with Gasteiger partial charge in [0.1, 0.15) is 0 Å². The maximum absolute atomic E-state index is 11.7. The minimum absolute atomic E-state index is 0.494. The summed E-state index contributed by atoms with van der Waals surface area (Å²) in [6.07, 6.45) is -3.35. The fourth-order valence-electron chi connectivity index (χ4n) is 1.18. The van der Waals surface area contributed by atoms with Crippen LogP contribution in [0.2, 0.25) is 0 Å². The first kappa shape index (κ1) is 11.6. The lowest BCUT2D eigenvalue weighted by atomic mass is 10.4. The molecule has 1 aliphatic heterocycles. The minimum Gasteiger partial charge on any atom is -0.323 e. The van der Waals surface area contributed by atoms with Crippen LogP contribution in [0.15, 0.2) is 0 Å². The van der Waals surface area contributed by atoms with E-state index in [0.717, 1.165) is 12.8 Å². The summed E-state index contributed by atoms with van der Waals surface area (Å²) in [6.45, 7) is 0.988. The molecule has 0 bridgehead atoms. The second kappa shape index (κ2) is 4.37. The first-order valence-electron chi connectivity index (χ1n) is 4.33. The molecule has 1 fully saturated rings. The Labute approximate surface area is 83.6 Å². The third-order valence-corrected chi connectivity index (χ3v) is 1.93. The number of hydrogen-bond acceptors (Lipinski definition) is 2. The molecule has 0 atom stereocenters. The van der Waals surface area contributed by atoms with Crippen molar-refractivity contribution in [2.45, 2.75) is 19.0 Å². The number of alkyl halides is 3. The molecule has 1 aliphatic rings. The maximum atomic E-state index is 11.7. The van der Waals surface area contributed by atoms with Gasteiger partial charge in [0, 0.05) is 13.1 Å². The van der Waals surface area contributed by atoms with Gasteiger partial charge >= 0.3 is 18.1 Å². The van der Waals surface area contributed by atoms with E-state index in [-0.39, 0.29) is 0 Å². The molecular formula is C7H10F3N3O2. The largest absolute Gasteiger partial charge is 0.472 e. The van der Waals surface area contributed by atoms with Gasteiger partial charge in [-0.25, -0.2) is 10.2 Å². The zero-order chi connectivity index (χ0) is 11.5. The van der Waals surface area contributed by atoms with Crippen LogP contribution >= 0.6 is 0 Å². The maximum Gasteiger partial charge on any atom is 0.472 e. The summed E-state index contributed by atoms with van der Waals surface area (Å²) >= 11 is 0. The quantitative estimate of drug-likeness (QED) is 0.586. The Kier molecular flexibility index (Phi) is 3.38. The third kappa shape index (κ3) is 3.30. The highest BCUT2D eigenvalue weighted by molar-refractivity contribution is 5.84. The zero-order valence-corrected chi connectivity index (χ0v) is 7.73. The van der Waals surface area contributed by atoms with Crippen molar-refractivity contribution >= 4 is 11.9 Å². The van der Waals surface area contributed by atoms with Crippen LogP contribution in [0.4, 0.5) is 18.0 Å². The highest BCUT2D eigenvalue weighted by Crippen LogP contribution is 2.13. The van der Waals surface area contributed by atoms with Crippen LogP contribution in [0.5, 0.6) is 0 Å². The van der Waals surface area contributed by atoms with Crippen LogP contribution < -0.4 is 10.9 Å². The number of rotatable bonds is 0. The number of hydrazine groups is 1. The van der Waals surface area contributed by atoms with Crippen LogP contribution in [0.1, 0.15) is 12.8 Å². The predicted octanol–water partition coefficient (Wildman–Crippen LogP) is 0.385. The molecule has 0 aromatic heterocycles. The van der Waals surface area contributed by atoms with E-state index in [2.05, 4.69) is 0 Å². The topological polar surface area (TPSA) is 61.4 Å². The van der Waals surface area contributed by atoms with Gasteiger partial charge in [0.2, 0.25) is 0 Å². The molecule has 15 heavy (non-hydrogen) atoms. The van der Waals surface area contributed by atoms with Gasteiger partial charge in [0.15, 0.2) is 0 Å². The highest BCUT2D eigenvalue weighted by atomic mass is 19.4. The summed E-state index contributed by atoms with van der Waals surface area (Å²) in [5.74, 6) is -2.19. The van der Waals surface area contributed by atoms with Gasteiger partial charge in [-0.15, -0.1) is 0 Å². The third-order valence-electron chi connectivity index (χ3n) is 1.93. The summed E-state index contributed by atoms with van der Waals surface area (Å²) < 4.78 is 35.1. The molecule has 0 unspecified atom stereocenters. The van der Waals surface area contributed by atoms with Crippen molar-refractivity contribution in [1.82, 2.24) is 15.8 Å². The van der Waals surface area contributed by atoms with Crippen molar-refractivity contribution in [3.63, 3.8) is 0 Å². The molecule has 0 aromatic rings. The van der Waals surface area contributed by atoms with E-state index in [1.165, 1.54) is 10.3 Å². The molecule has 5 nitrogen and oxygen atoms in total. The van der Waals surface area contributed by atoms with Gasteiger partial charge in [0.05, 0.1) is 0 Å². The van der Waals surface area contributed by atoms with Crippen molar-refractivity contribution in [2.24, 2.45) is 0 Å². The number of carbonyl (C=O) groups excluding carboxylic acids is 2. The van der Waals surface area contributed by atoms with Crippen LogP contribution in [-0.4, -0.2) is 36.1 Å². The summed E-state index contributed by atoms with van der Waals surface area (Å²) in [7, 11) is 0. The smallest absolute Gasteiger partial charge is 0.323 e. The Balaban J connectivity index is 2.30. The Morgan fingerprint density at radius 3 is 2.07 bits per heavy atom. The number of urea groups is 1. The van der Waals surface area contributed by atoms with E-state index >= 15 is 0 Å². The minimum atomic E-state index is -4.99. The second-order valence-corrected chi connectivity index (χ2v) is 3.08.